The van der Waals surface area contributed by atoms with Crippen molar-refractivity contribution in [1.29, 1.82) is 0 Å². The van der Waals surface area contributed by atoms with Gasteiger partial charge in [-0.1, -0.05) is 37.3 Å². The van der Waals surface area contributed by atoms with E-state index in [0.717, 1.165) is 22.5 Å². The summed E-state index contributed by atoms with van der Waals surface area (Å²) in [5.74, 6) is -1.19. The highest BCUT2D eigenvalue weighted by Crippen LogP contribution is 2.58. The van der Waals surface area contributed by atoms with Crippen LogP contribution in [0.4, 0.5) is 20.6 Å². The predicted molar refractivity (Wildman–Crippen MR) is 129 cm³/mol. The molecule has 0 aromatic heterocycles. The summed E-state index contributed by atoms with van der Waals surface area (Å²) in [4.78, 5) is 29.2. The minimum absolute atomic E-state index is 0.142. The van der Waals surface area contributed by atoms with Crippen molar-refractivity contribution in [2.45, 2.75) is 51.1 Å². The lowest BCUT2D eigenvalue weighted by molar-refractivity contribution is -0.146. The molecule has 186 valence electrons. The molecule has 2 aromatic rings. The number of nitrogens with zero attached hydrogens (tertiary/aromatic N) is 2. The summed E-state index contributed by atoms with van der Waals surface area (Å²) in [5, 5.41) is 9.62. The smallest absolute Gasteiger partial charge is 0.414 e. The van der Waals surface area contributed by atoms with Crippen LogP contribution in [-0.4, -0.2) is 48.6 Å². The van der Waals surface area contributed by atoms with Crippen molar-refractivity contribution in [1.82, 2.24) is 0 Å². The Bertz CT molecular complexity index is 1130. The van der Waals surface area contributed by atoms with Crippen molar-refractivity contribution in [2.24, 2.45) is 11.8 Å². The molecule has 1 spiro atoms. The molecule has 0 bridgehead atoms. The van der Waals surface area contributed by atoms with Crippen molar-refractivity contribution in [3.05, 3.63) is 59.7 Å². The molecule has 0 aliphatic carbocycles. The van der Waals surface area contributed by atoms with Gasteiger partial charge in [0.1, 0.15) is 12.3 Å². The second kappa shape index (κ2) is 8.60. The number of alkyl halides is 1. The Hall–Kier alpha value is -2.97. The molecule has 5 rings (SSSR count). The van der Waals surface area contributed by atoms with E-state index in [1.54, 1.807) is 9.80 Å². The maximum atomic E-state index is 15.4. The second-order valence-electron chi connectivity index (χ2n) is 10.1. The van der Waals surface area contributed by atoms with Crippen LogP contribution in [0.1, 0.15) is 38.3 Å². The van der Waals surface area contributed by atoms with Gasteiger partial charge in [0.2, 0.25) is 0 Å². The lowest BCUT2D eigenvalue weighted by atomic mass is 9.71. The van der Waals surface area contributed by atoms with Gasteiger partial charge >= 0.3 is 6.09 Å². The highest BCUT2D eigenvalue weighted by Gasteiger charge is 2.65. The van der Waals surface area contributed by atoms with Crippen LogP contribution < -0.4 is 9.80 Å². The summed E-state index contributed by atoms with van der Waals surface area (Å²) in [6, 6.07) is 15.0. The molecule has 2 aromatic carbocycles. The molecule has 1 N–H and O–H groups in total. The summed E-state index contributed by atoms with van der Waals surface area (Å²) < 4.78 is 26.8. The SMILES string of the molecule is C[C@@H]1[C@@H](C(C)(C)F)[C@H](CCO)O[C@@]12C(=O)N(Cc1ccc(N3CCOC3=O)cc1)c1ccccc12. The molecule has 2 saturated heterocycles. The van der Waals surface area contributed by atoms with Crippen LogP contribution in [-0.2, 0) is 26.4 Å². The predicted octanol–water partition coefficient (Wildman–Crippen LogP) is 4.17. The Labute approximate surface area is 204 Å². The third-order valence-electron chi connectivity index (χ3n) is 7.63. The standard InChI is InChI=1S/C27H31FN2O5/c1-17-23(26(2,3)28)22(12-14-31)35-27(17)20-6-4-5-7-21(20)30(24(27)32)16-18-8-10-19(11-9-18)29-13-15-34-25(29)33/h4-11,17,22-23,31H,12-16H2,1-3H3/t17-,22+,23-,27+/m1/s1. The molecule has 3 aliphatic heterocycles. The maximum Gasteiger partial charge on any atom is 0.414 e. The average Bonchev–Trinajstić information content (AvgIpc) is 3.45. The number of anilines is 2. The first-order valence-corrected chi connectivity index (χ1v) is 12.1. The largest absolute Gasteiger partial charge is 0.447 e. The summed E-state index contributed by atoms with van der Waals surface area (Å²) in [5.41, 5.74) is 0.233. The number of para-hydroxylation sites is 1. The van der Waals surface area contributed by atoms with Crippen LogP contribution in [0.5, 0.6) is 0 Å². The number of cyclic esters (lactones) is 1. The van der Waals surface area contributed by atoms with Gasteiger partial charge in [0.25, 0.3) is 5.91 Å². The molecular formula is C27H31FN2O5. The van der Waals surface area contributed by atoms with Gasteiger partial charge in [0.15, 0.2) is 5.60 Å². The van der Waals surface area contributed by atoms with Crippen molar-refractivity contribution in [3.8, 4) is 0 Å². The summed E-state index contributed by atoms with van der Waals surface area (Å²) in [6.07, 6.45) is -0.676. The monoisotopic (exact) mass is 482 g/mol. The molecule has 3 heterocycles. The van der Waals surface area contributed by atoms with Crippen LogP contribution in [0.15, 0.2) is 48.5 Å². The fraction of sp³-hybridized carbons (Fsp3) is 0.481. The van der Waals surface area contributed by atoms with E-state index in [1.165, 1.54) is 13.8 Å². The Kier molecular flexibility index (Phi) is 5.84. The quantitative estimate of drug-likeness (QED) is 0.669. The summed E-state index contributed by atoms with van der Waals surface area (Å²) in [7, 11) is 0. The first-order chi connectivity index (χ1) is 16.7. The van der Waals surface area contributed by atoms with E-state index in [0.29, 0.717) is 19.7 Å². The lowest BCUT2D eigenvalue weighted by Crippen LogP contribution is -2.45. The number of carbonyl (C=O) groups is 2. The fourth-order valence-electron chi connectivity index (χ4n) is 6.15. The molecule has 0 saturated carbocycles. The van der Waals surface area contributed by atoms with Gasteiger partial charge in [0.05, 0.1) is 24.9 Å². The number of ether oxygens (including phenoxy) is 2. The van der Waals surface area contributed by atoms with Gasteiger partial charge in [-0.15, -0.1) is 0 Å². The molecule has 7 nitrogen and oxygen atoms in total. The zero-order chi connectivity index (χ0) is 25.0. The van der Waals surface area contributed by atoms with E-state index < -0.39 is 29.2 Å². The number of aliphatic hydroxyl groups is 1. The molecule has 4 atom stereocenters. The molecule has 35 heavy (non-hydrogen) atoms. The number of hydrogen-bond acceptors (Lipinski definition) is 5. The van der Waals surface area contributed by atoms with Gasteiger partial charge < -0.3 is 19.5 Å². The third kappa shape index (κ3) is 3.70. The van der Waals surface area contributed by atoms with Crippen LogP contribution in [0.3, 0.4) is 0 Å². The number of carbonyl (C=O) groups excluding carboxylic acids is 2. The van der Waals surface area contributed by atoms with Gasteiger partial charge in [-0.05, 0) is 44.0 Å². The Morgan fingerprint density at radius 1 is 1.14 bits per heavy atom. The molecule has 2 fully saturated rings. The van der Waals surface area contributed by atoms with Crippen molar-refractivity contribution < 1.29 is 28.6 Å². The molecule has 8 heteroatoms. The average molecular weight is 483 g/mol. The molecule has 0 radical (unpaired) electrons. The van der Waals surface area contributed by atoms with E-state index in [1.807, 2.05) is 55.5 Å². The Balaban J connectivity index is 1.48. The van der Waals surface area contributed by atoms with Crippen LogP contribution >= 0.6 is 0 Å². The van der Waals surface area contributed by atoms with E-state index in [9.17, 15) is 14.7 Å². The van der Waals surface area contributed by atoms with E-state index in [4.69, 9.17) is 9.47 Å². The number of fused-ring (bicyclic) bond motifs is 2. The molecule has 0 unspecified atom stereocenters. The van der Waals surface area contributed by atoms with Gasteiger partial charge in [-0.2, -0.15) is 0 Å². The maximum absolute atomic E-state index is 15.4. The summed E-state index contributed by atoms with van der Waals surface area (Å²) >= 11 is 0. The number of hydrogen-bond donors (Lipinski definition) is 1. The minimum Gasteiger partial charge on any atom is -0.447 e. The normalized spacial score (nSPS) is 28.2. The highest BCUT2D eigenvalue weighted by molar-refractivity contribution is 6.07. The van der Waals surface area contributed by atoms with Crippen LogP contribution in [0.25, 0.3) is 0 Å². The first kappa shape index (κ1) is 23.8. The van der Waals surface area contributed by atoms with E-state index >= 15 is 4.39 Å². The zero-order valence-corrected chi connectivity index (χ0v) is 20.2. The van der Waals surface area contributed by atoms with Gasteiger partial charge in [-0.25, -0.2) is 9.18 Å². The first-order valence-electron chi connectivity index (χ1n) is 12.1. The van der Waals surface area contributed by atoms with Crippen molar-refractivity contribution >= 4 is 23.4 Å². The lowest BCUT2D eigenvalue weighted by Gasteiger charge is -2.32. The highest BCUT2D eigenvalue weighted by atomic mass is 19.1. The molecular weight excluding hydrogens is 451 g/mol. The summed E-state index contributed by atoms with van der Waals surface area (Å²) in [6.45, 7) is 5.96. The van der Waals surface area contributed by atoms with Gasteiger partial charge in [0, 0.05) is 29.7 Å². The van der Waals surface area contributed by atoms with Crippen molar-refractivity contribution in [3.63, 3.8) is 0 Å². The molecule has 3 aliphatic rings. The second-order valence-corrected chi connectivity index (χ2v) is 10.1. The number of halogens is 1. The minimum atomic E-state index is -1.59. The number of amides is 2. The fourth-order valence-corrected chi connectivity index (χ4v) is 6.15. The number of aliphatic hydroxyl groups excluding tert-OH is 1. The Morgan fingerprint density at radius 3 is 2.49 bits per heavy atom. The molecule has 2 amide bonds. The topological polar surface area (TPSA) is 79.3 Å². The van der Waals surface area contributed by atoms with Crippen LogP contribution in [0, 0.1) is 11.8 Å². The number of benzene rings is 2. The van der Waals surface area contributed by atoms with E-state index in [2.05, 4.69) is 0 Å². The van der Waals surface area contributed by atoms with Gasteiger partial charge in [-0.3, -0.25) is 9.69 Å². The zero-order valence-electron chi connectivity index (χ0n) is 20.2. The van der Waals surface area contributed by atoms with Crippen molar-refractivity contribution in [2.75, 3.05) is 29.6 Å². The van der Waals surface area contributed by atoms with Crippen LogP contribution in [0.2, 0.25) is 0 Å². The van der Waals surface area contributed by atoms with E-state index in [-0.39, 0.29) is 25.0 Å². The third-order valence-corrected chi connectivity index (χ3v) is 7.63. The Morgan fingerprint density at radius 2 is 1.86 bits per heavy atom. The number of rotatable bonds is 6.